The smallest absolute Gasteiger partial charge is 0.224 e. The number of methoxy groups -OCH3 is 2. The van der Waals surface area contributed by atoms with Crippen LogP contribution in [0.4, 0.5) is 5.82 Å². The van der Waals surface area contributed by atoms with E-state index in [1.807, 2.05) is 0 Å². The van der Waals surface area contributed by atoms with Crippen LogP contribution in [0, 0.1) is 0 Å². The van der Waals surface area contributed by atoms with Crippen LogP contribution >= 0.6 is 27.5 Å². The third-order valence-corrected chi connectivity index (χ3v) is 3.08. The number of rotatable bonds is 8. The summed E-state index contributed by atoms with van der Waals surface area (Å²) in [7, 11) is 3.37. The van der Waals surface area contributed by atoms with E-state index in [2.05, 4.69) is 30.8 Å². The van der Waals surface area contributed by atoms with Crippen molar-refractivity contribution in [3.63, 3.8) is 0 Å². The van der Waals surface area contributed by atoms with E-state index in [4.69, 9.17) is 21.1 Å². The van der Waals surface area contributed by atoms with E-state index in [0.717, 1.165) is 29.8 Å². The molecule has 0 saturated carbocycles. The molecular formula is C11H17BrClN3O2. The van der Waals surface area contributed by atoms with E-state index < -0.39 is 0 Å². The molecule has 1 rings (SSSR count). The largest absolute Gasteiger partial charge is 0.385 e. The second-order valence-electron chi connectivity index (χ2n) is 3.64. The Balaban J connectivity index is 2.75. The molecule has 0 aliphatic carbocycles. The maximum Gasteiger partial charge on any atom is 0.224 e. The summed E-state index contributed by atoms with van der Waals surface area (Å²) in [5.41, 5.74) is 0. The molecule has 0 spiro atoms. The van der Waals surface area contributed by atoms with Crippen molar-refractivity contribution < 1.29 is 9.47 Å². The van der Waals surface area contributed by atoms with Gasteiger partial charge >= 0.3 is 0 Å². The molecular weight excluding hydrogens is 321 g/mol. The Morgan fingerprint density at radius 3 is 2.67 bits per heavy atom. The highest BCUT2D eigenvalue weighted by atomic mass is 79.9. The van der Waals surface area contributed by atoms with E-state index in [1.165, 1.54) is 0 Å². The van der Waals surface area contributed by atoms with E-state index >= 15 is 0 Å². The first-order chi connectivity index (χ1) is 8.69. The number of hydrogen-bond acceptors (Lipinski definition) is 5. The highest BCUT2D eigenvalue weighted by molar-refractivity contribution is 9.10. The molecule has 0 saturated heterocycles. The quantitative estimate of drug-likeness (QED) is 0.538. The summed E-state index contributed by atoms with van der Waals surface area (Å²) >= 11 is 9.27. The van der Waals surface area contributed by atoms with Crippen molar-refractivity contribution >= 4 is 33.3 Å². The van der Waals surface area contributed by atoms with E-state index in [-0.39, 0.29) is 5.28 Å². The summed E-state index contributed by atoms with van der Waals surface area (Å²) in [6, 6.07) is 0. The van der Waals surface area contributed by atoms with Gasteiger partial charge in [-0.25, -0.2) is 4.98 Å². The van der Waals surface area contributed by atoms with Crippen molar-refractivity contribution in [3.8, 4) is 0 Å². The van der Waals surface area contributed by atoms with Crippen LogP contribution in [0.25, 0.3) is 0 Å². The van der Waals surface area contributed by atoms with Gasteiger partial charge in [-0.2, -0.15) is 4.98 Å². The molecule has 0 aromatic carbocycles. The molecule has 0 radical (unpaired) electrons. The van der Waals surface area contributed by atoms with Crippen LogP contribution < -0.4 is 4.90 Å². The van der Waals surface area contributed by atoms with Crippen LogP contribution in [-0.4, -0.2) is 50.5 Å². The second kappa shape index (κ2) is 8.63. The predicted octanol–water partition coefficient (Wildman–Crippen LogP) is 2.38. The van der Waals surface area contributed by atoms with Gasteiger partial charge in [-0.3, -0.25) is 0 Å². The van der Waals surface area contributed by atoms with Gasteiger partial charge in [-0.1, -0.05) is 0 Å². The fraction of sp³-hybridized carbons (Fsp3) is 0.636. The Bertz CT molecular complexity index is 368. The lowest BCUT2D eigenvalue weighted by atomic mass is 10.3. The SMILES string of the molecule is COCCCN(CCOC)c1nc(Cl)ncc1Br. The molecule has 0 aliphatic rings. The summed E-state index contributed by atoms with van der Waals surface area (Å²) in [5, 5.41) is 0.238. The molecule has 18 heavy (non-hydrogen) atoms. The molecule has 5 nitrogen and oxygen atoms in total. The Morgan fingerprint density at radius 1 is 1.28 bits per heavy atom. The molecule has 7 heteroatoms. The van der Waals surface area contributed by atoms with Crippen LogP contribution in [0.2, 0.25) is 5.28 Å². The van der Waals surface area contributed by atoms with E-state index in [0.29, 0.717) is 13.2 Å². The maximum absolute atomic E-state index is 5.83. The molecule has 0 aliphatic heterocycles. The lowest BCUT2D eigenvalue weighted by molar-refractivity contribution is 0.191. The zero-order valence-corrected chi connectivity index (χ0v) is 12.9. The van der Waals surface area contributed by atoms with Gasteiger partial charge in [0.2, 0.25) is 5.28 Å². The van der Waals surface area contributed by atoms with Gasteiger partial charge in [0.1, 0.15) is 5.82 Å². The van der Waals surface area contributed by atoms with Gasteiger partial charge in [-0.05, 0) is 34.0 Å². The fourth-order valence-electron chi connectivity index (χ4n) is 1.48. The van der Waals surface area contributed by atoms with E-state index in [1.54, 1.807) is 20.4 Å². The first kappa shape index (κ1) is 15.6. The van der Waals surface area contributed by atoms with Crippen molar-refractivity contribution in [2.75, 3.05) is 45.4 Å². The number of ether oxygens (including phenoxy) is 2. The summed E-state index contributed by atoms with van der Waals surface area (Å²) in [5.74, 6) is 0.781. The number of hydrogen-bond donors (Lipinski definition) is 0. The fourth-order valence-corrected chi connectivity index (χ4v) is 2.05. The van der Waals surface area contributed by atoms with Crippen molar-refractivity contribution in [2.45, 2.75) is 6.42 Å². The van der Waals surface area contributed by atoms with Gasteiger partial charge in [0, 0.05) is 40.1 Å². The summed E-state index contributed by atoms with van der Waals surface area (Å²) in [4.78, 5) is 10.3. The molecule has 0 atom stereocenters. The molecule has 0 bridgehead atoms. The average Bonchev–Trinajstić information content (AvgIpc) is 2.37. The lowest BCUT2D eigenvalue weighted by Gasteiger charge is -2.24. The van der Waals surface area contributed by atoms with Crippen molar-refractivity contribution in [3.05, 3.63) is 16.0 Å². The normalized spacial score (nSPS) is 10.7. The minimum Gasteiger partial charge on any atom is -0.385 e. The molecule has 0 N–H and O–H groups in total. The Labute approximate surface area is 121 Å². The number of aromatic nitrogens is 2. The number of anilines is 1. The zero-order valence-electron chi connectivity index (χ0n) is 10.5. The van der Waals surface area contributed by atoms with E-state index in [9.17, 15) is 0 Å². The second-order valence-corrected chi connectivity index (χ2v) is 4.83. The first-order valence-corrected chi connectivity index (χ1v) is 6.77. The molecule has 1 aromatic heterocycles. The van der Waals surface area contributed by atoms with Crippen LogP contribution in [0.3, 0.4) is 0 Å². The lowest BCUT2D eigenvalue weighted by Crippen LogP contribution is -2.30. The highest BCUT2D eigenvalue weighted by Crippen LogP contribution is 2.24. The zero-order chi connectivity index (χ0) is 13.4. The summed E-state index contributed by atoms with van der Waals surface area (Å²) in [6.45, 7) is 2.90. The Morgan fingerprint density at radius 2 is 2.00 bits per heavy atom. The van der Waals surface area contributed by atoms with Crippen molar-refractivity contribution in [2.24, 2.45) is 0 Å². The van der Waals surface area contributed by atoms with Gasteiger partial charge in [0.15, 0.2) is 0 Å². The molecule has 0 fully saturated rings. The Kier molecular flexibility index (Phi) is 7.50. The van der Waals surface area contributed by atoms with Gasteiger partial charge in [-0.15, -0.1) is 0 Å². The maximum atomic E-state index is 5.83. The third-order valence-electron chi connectivity index (χ3n) is 2.34. The van der Waals surface area contributed by atoms with Crippen LogP contribution in [0.1, 0.15) is 6.42 Å². The molecule has 0 unspecified atom stereocenters. The summed E-state index contributed by atoms with van der Waals surface area (Å²) in [6.07, 6.45) is 2.56. The van der Waals surface area contributed by atoms with Crippen LogP contribution in [0.5, 0.6) is 0 Å². The van der Waals surface area contributed by atoms with Crippen molar-refractivity contribution in [1.29, 1.82) is 0 Å². The Hall–Kier alpha value is -0.430. The third kappa shape index (κ3) is 5.06. The minimum absolute atomic E-state index is 0.238. The highest BCUT2D eigenvalue weighted by Gasteiger charge is 2.12. The summed E-state index contributed by atoms with van der Waals surface area (Å²) < 4.78 is 11.0. The topological polar surface area (TPSA) is 47.5 Å². The van der Waals surface area contributed by atoms with Gasteiger partial charge in [0.25, 0.3) is 0 Å². The molecule has 102 valence electrons. The van der Waals surface area contributed by atoms with Crippen LogP contribution in [-0.2, 0) is 9.47 Å². The minimum atomic E-state index is 0.238. The molecule has 1 aromatic rings. The first-order valence-electron chi connectivity index (χ1n) is 5.60. The van der Waals surface area contributed by atoms with Gasteiger partial charge < -0.3 is 14.4 Å². The van der Waals surface area contributed by atoms with Crippen molar-refractivity contribution in [1.82, 2.24) is 9.97 Å². The molecule has 0 amide bonds. The average molecular weight is 339 g/mol. The monoisotopic (exact) mass is 337 g/mol. The standard InChI is InChI=1S/C11H17BrClN3O2/c1-17-6-3-4-16(5-7-18-2)10-9(12)8-14-11(13)15-10/h8H,3-7H2,1-2H3. The molecule has 1 heterocycles. The predicted molar refractivity (Wildman–Crippen MR) is 75.3 cm³/mol. The van der Waals surface area contributed by atoms with Gasteiger partial charge in [0.05, 0.1) is 11.1 Å². The number of nitrogens with zero attached hydrogens (tertiary/aromatic N) is 3. The number of halogens is 2. The van der Waals surface area contributed by atoms with Crippen LogP contribution in [0.15, 0.2) is 10.7 Å².